The lowest BCUT2D eigenvalue weighted by atomic mass is 10.2. The van der Waals surface area contributed by atoms with Gasteiger partial charge in [0.2, 0.25) is 5.91 Å². The van der Waals surface area contributed by atoms with Gasteiger partial charge in [-0.1, -0.05) is 17.7 Å². The predicted octanol–water partition coefficient (Wildman–Crippen LogP) is 3.96. The third-order valence-corrected chi connectivity index (χ3v) is 4.01. The van der Waals surface area contributed by atoms with Crippen LogP contribution in [0.3, 0.4) is 0 Å². The number of rotatable bonds is 4. The van der Waals surface area contributed by atoms with Gasteiger partial charge in [0.05, 0.1) is 5.75 Å². The fourth-order valence-corrected chi connectivity index (χ4v) is 2.42. The van der Waals surface area contributed by atoms with E-state index >= 15 is 0 Å². The summed E-state index contributed by atoms with van der Waals surface area (Å²) < 4.78 is 0. The summed E-state index contributed by atoms with van der Waals surface area (Å²) in [6, 6.07) is 12.9. The Balaban J connectivity index is 1.89. The predicted molar refractivity (Wildman–Crippen MR) is 86.4 cm³/mol. The average Bonchev–Trinajstić information content (AvgIpc) is 2.42. The summed E-state index contributed by atoms with van der Waals surface area (Å²) >= 11 is 7.27. The standard InChI is InChI=1S/C15H15ClN2OS/c1-10-2-5-12(8-14(10)17)18-15(19)9-20-13-6-3-11(16)4-7-13/h2-8H,9,17H2,1H3,(H,18,19). The molecule has 2 aromatic carbocycles. The van der Waals surface area contributed by atoms with Crippen LogP contribution in [0.25, 0.3) is 0 Å². The van der Waals surface area contributed by atoms with Gasteiger partial charge in [-0.15, -0.1) is 11.8 Å². The molecule has 0 aliphatic rings. The van der Waals surface area contributed by atoms with E-state index in [2.05, 4.69) is 5.32 Å². The molecule has 0 fully saturated rings. The van der Waals surface area contributed by atoms with Crippen LogP contribution in [0.2, 0.25) is 5.02 Å². The van der Waals surface area contributed by atoms with Crippen molar-refractivity contribution in [3.05, 3.63) is 53.1 Å². The Bertz CT molecular complexity index is 614. The first-order valence-electron chi connectivity index (χ1n) is 6.09. The first-order chi connectivity index (χ1) is 9.54. The van der Waals surface area contributed by atoms with E-state index in [1.165, 1.54) is 11.8 Å². The lowest BCUT2D eigenvalue weighted by Gasteiger charge is -2.07. The highest BCUT2D eigenvalue weighted by molar-refractivity contribution is 8.00. The van der Waals surface area contributed by atoms with Crippen LogP contribution >= 0.6 is 23.4 Å². The maximum Gasteiger partial charge on any atom is 0.234 e. The number of amides is 1. The molecule has 3 nitrogen and oxygen atoms in total. The molecule has 0 atom stereocenters. The summed E-state index contributed by atoms with van der Waals surface area (Å²) in [6.07, 6.45) is 0. The summed E-state index contributed by atoms with van der Waals surface area (Å²) in [7, 11) is 0. The molecule has 0 spiro atoms. The number of carbonyl (C=O) groups excluding carboxylic acids is 1. The Labute approximate surface area is 127 Å². The Hall–Kier alpha value is -1.65. The topological polar surface area (TPSA) is 55.1 Å². The second-order valence-electron chi connectivity index (χ2n) is 4.36. The van der Waals surface area contributed by atoms with E-state index in [9.17, 15) is 4.79 Å². The number of hydrogen-bond donors (Lipinski definition) is 2. The molecule has 0 unspecified atom stereocenters. The minimum absolute atomic E-state index is 0.0618. The summed E-state index contributed by atoms with van der Waals surface area (Å²) in [5, 5.41) is 3.51. The Morgan fingerprint density at radius 3 is 2.60 bits per heavy atom. The van der Waals surface area contributed by atoms with Crippen LogP contribution in [0.4, 0.5) is 11.4 Å². The lowest BCUT2D eigenvalue weighted by molar-refractivity contribution is -0.113. The highest BCUT2D eigenvalue weighted by atomic mass is 35.5. The molecule has 5 heteroatoms. The van der Waals surface area contributed by atoms with Crippen molar-refractivity contribution >= 4 is 40.6 Å². The van der Waals surface area contributed by atoms with Gasteiger partial charge < -0.3 is 11.1 Å². The van der Waals surface area contributed by atoms with Gasteiger partial charge in [0.15, 0.2) is 0 Å². The summed E-state index contributed by atoms with van der Waals surface area (Å²) in [5.74, 6) is 0.281. The largest absolute Gasteiger partial charge is 0.398 e. The van der Waals surface area contributed by atoms with E-state index in [1.54, 1.807) is 6.07 Å². The minimum Gasteiger partial charge on any atom is -0.398 e. The van der Waals surface area contributed by atoms with Crippen LogP contribution in [-0.2, 0) is 4.79 Å². The number of halogens is 1. The maximum absolute atomic E-state index is 11.9. The van der Waals surface area contributed by atoms with Crippen molar-refractivity contribution in [2.75, 3.05) is 16.8 Å². The van der Waals surface area contributed by atoms with Gasteiger partial charge in [0, 0.05) is 21.3 Å². The summed E-state index contributed by atoms with van der Waals surface area (Å²) in [5.41, 5.74) is 8.20. The third-order valence-electron chi connectivity index (χ3n) is 2.75. The zero-order valence-electron chi connectivity index (χ0n) is 11.0. The van der Waals surface area contributed by atoms with Crippen LogP contribution in [-0.4, -0.2) is 11.7 Å². The number of nitrogen functional groups attached to an aromatic ring is 1. The van der Waals surface area contributed by atoms with Crippen molar-refractivity contribution in [3.8, 4) is 0 Å². The van der Waals surface area contributed by atoms with E-state index in [1.807, 2.05) is 43.3 Å². The fraction of sp³-hybridized carbons (Fsp3) is 0.133. The van der Waals surface area contributed by atoms with Crippen LogP contribution in [0.1, 0.15) is 5.56 Å². The SMILES string of the molecule is Cc1ccc(NC(=O)CSc2ccc(Cl)cc2)cc1N. The second-order valence-corrected chi connectivity index (χ2v) is 5.85. The smallest absolute Gasteiger partial charge is 0.234 e. The zero-order chi connectivity index (χ0) is 14.5. The Morgan fingerprint density at radius 1 is 1.25 bits per heavy atom. The van der Waals surface area contributed by atoms with Crippen LogP contribution in [0, 0.1) is 6.92 Å². The molecule has 0 bridgehead atoms. The highest BCUT2D eigenvalue weighted by Gasteiger charge is 2.05. The number of aryl methyl sites for hydroxylation is 1. The average molecular weight is 307 g/mol. The van der Waals surface area contributed by atoms with Gasteiger partial charge in [-0.3, -0.25) is 4.79 Å². The van der Waals surface area contributed by atoms with Gasteiger partial charge in [-0.2, -0.15) is 0 Å². The second kappa shape index (κ2) is 6.68. The number of anilines is 2. The molecule has 0 aliphatic carbocycles. The normalized spacial score (nSPS) is 10.3. The maximum atomic E-state index is 11.9. The number of nitrogens with one attached hydrogen (secondary N) is 1. The number of hydrogen-bond acceptors (Lipinski definition) is 3. The number of benzene rings is 2. The molecule has 3 N–H and O–H groups in total. The quantitative estimate of drug-likeness (QED) is 0.664. The first-order valence-corrected chi connectivity index (χ1v) is 7.45. The van der Waals surface area contributed by atoms with Crippen molar-refractivity contribution in [1.82, 2.24) is 0 Å². The van der Waals surface area contributed by atoms with E-state index < -0.39 is 0 Å². The van der Waals surface area contributed by atoms with Crippen molar-refractivity contribution in [3.63, 3.8) is 0 Å². The van der Waals surface area contributed by atoms with Crippen molar-refractivity contribution in [2.45, 2.75) is 11.8 Å². The molecule has 0 saturated heterocycles. The van der Waals surface area contributed by atoms with E-state index in [4.69, 9.17) is 17.3 Å². The number of thioether (sulfide) groups is 1. The molecule has 20 heavy (non-hydrogen) atoms. The molecular weight excluding hydrogens is 292 g/mol. The van der Waals surface area contributed by atoms with Crippen LogP contribution in [0.5, 0.6) is 0 Å². The van der Waals surface area contributed by atoms with E-state index in [0.717, 1.165) is 16.1 Å². The molecule has 0 aromatic heterocycles. The van der Waals surface area contributed by atoms with Crippen molar-refractivity contribution in [2.24, 2.45) is 0 Å². The molecule has 0 radical (unpaired) electrons. The molecule has 2 rings (SSSR count). The van der Waals surface area contributed by atoms with Gasteiger partial charge in [-0.25, -0.2) is 0 Å². The van der Waals surface area contributed by atoms with Gasteiger partial charge >= 0.3 is 0 Å². The first kappa shape index (κ1) is 14.8. The third kappa shape index (κ3) is 4.18. The van der Waals surface area contributed by atoms with Crippen molar-refractivity contribution < 1.29 is 4.79 Å². The fourth-order valence-electron chi connectivity index (χ4n) is 1.60. The molecule has 0 aliphatic heterocycles. The number of nitrogens with two attached hydrogens (primary N) is 1. The monoisotopic (exact) mass is 306 g/mol. The molecule has 104 valence electrons. The molecule has 2 aromatic rings. The van der Waals surface area contributed by atoms with Gasteiger partial charge in [0.1, 0.15) is 0 Å². The molecule has 0 heterocycles. The summed E-state index contributed by atoms with van der Waals surface area (Å²) in [6.45, 7) is 1.93. The molecular formula is C15H15ClN2OS. The minimum atomic E-state index is -0.0618. The van der Waals surface area contributed by atoms with Crippen molar-refractivity contribution in [1.29, 1.82) is 0 Å². The van der Waals surface area contributed by atoms with E-state index in [0.29, 0.717) is 16.5 Å². The van der Waals surface area contributed by atoms with Crippen LogP contribution in [0.15, 0.2) is 47.4 Å². The lowest BCUT2D eigenvalue weighted by Crippen LogP contribution is -2.14. The Morgan fingerprint density at radius 2 is 1.95 bits per heavy atom. The molecule has 0 saturated carbocycles. The zero-order valence-corrected chi connectivity index (χ0v) is 12.6. The summed E-state index contributed by atoms with van der Waals surface area (Å²) in [4.78, 5) is 12.9. The van der Waals surface area contributed by atoms with Gasteiger partial charge in [-0.05, 0) is 48.9 Å². The highest BCUT2D eigenvalue weighted by Crippen LogP contribution is 2.21. The number of carbonyl (C=O) groups is 1. The van der Waals surface area contributed by atoms with Gasteiger partial charge in [0.25, 0.3) is 0 Å². The Kier molecular flexibility index (Phi) is 4.93. The molecule has 1 amide bonds. The van der Waals surface area contributed by atoms with Crippen LogP contribution < -0.4 is 11.1 Å². The van der Waals surface area contributed by atoms with E-state index in [-0.39, 0.29) is 5.91 Å².